The van der Waals surface area contributed by atoms with Crippen molar-refractivity contribution in [2.75, 3.05) is 26.2 Å². The van der Waals surface area contributed by atoms with E-state index in [1.807, 2.05) is 42.5 Å². The van der Waals surface area contributed by atoms with E-state index in [1.165, 1.54) is 17.5 Å². The molecule has 1 fully saturated rings. The van der Waals surface area contributed by atoms with Crippen LogP contribution in [0.2, 0.25) is 0 Å². The number of nitrogens with zero attached hydrogens (tertiary/aromatic N) is 5. The van der Waals surface area contributed by atoms with Gasteiger partial charge in [0.1, 0.15) is 11.3 Å². The number of fused-ring (bicyclic) bond motifs is 2. The summed E-state index contributed by atoms with van der Waals surface area (Å²) < 4.78 is 30.5. The highest BCUT2D eigenvalue weighted by atomic mass is 32.2. The molecule has 1 aliphatic carbocycles. The molecule has 0 radical (unpaired) electrons. The normalized spacial score (nSPS) is 17.5. The van der Waals surface area contributed by atoms with Crippen LogP contribution in [0.15, 0.2) is 71.8 Å². The molecule has 0 atom stereocenters. The molecular weight excluding hydrogens is 458 g/mol. The zero-order valence-corrected chi connectivity index (χ0v) is 20.5. The molecular formula is C27H29N5O2S. The fraction of sp³-hybridized carbons (Fsp3) is 0.333. The third kappa shape index (κ3) is 4.26. The zero-order valence-electron chi connectivity index (χ0n) is 19.7. The van der Waals surface area contributed by atoms with Crippen LogP contribution in [0.4, 0.5) is 0 Å². The van der Waals surface area contributed by atoms with Gasteiger partial charge in [0, 0.05) is 38.1 Å². The Labute approximate surface area is 206 Å². The van der Waals surface area contributed by atoms with Gasteiger partial charge in [-0.3, -0.25) is 9.47 Å². The monoisotopic (exact) mass is 487 g/mol. The molecule has 4 aromatic rings. The van der Waals surface area contributed by atoms with Gasteiger partial charge in [0.2, 0.25) is 10.0 Å². The van der Waals surface area contributed by atoms with E-state index in [2.05, 4.69) is 26.6 Å². The minimum Gasteiger partial charge on any atom is -0.293 e. The van der Waals surface area contributed by atoms with Gasteiger partial charge in [-0.25, -0.2) is 18.4 Å². The second-order valence-electron chi connectivity index (χ2n) is 9.36. The number of piperazine rings is 1. The van der Waals surface area contributed by atoms with Crippen LogP contribution in [0.1, 0.15) is 29.8 Å². The lowest BCUT2D eigenvalue weighted by molar-refractivity contribution is 0.177. The number of hydrogen-bond donors (Lipinski definition) is 0. The lowest BCUT2D eigenvalue weighted by Crippen LogP contribution is -2.48. The van der Waals surface area contributed by atoms with Crippen LogP contribution < -0.4 is 0 Å². The molecule has 0 bridgehead atoms. The highest BCUT2D eigenvalue weighted by molar-refractivity contribution is 7.89. The quantitative estimate of drug-likeness (QED) is 0.428. The SMILES string of the molecule is O=S(=O)(c1ccc2c(c1)CCCC2)N1CCN(Cc2nc3cccnc3n2-c2ccccc2)CC1. The Morgan fingerprint density at radius 3 is 2.40 bits per heavy atom. The summed E-state index contributed by atoms with van der Waals surface area (Å²) in [5.74, 6) is 0.913. The molecule has 0 unspecified atom stereocenters. The first-order valence-corrected chi connectivity index (χ1v) is 13.8. The molecule has 1 aliphatic heterocycles. The van der Waals surface area contributed by atoms with Gasteiger partial charge in [0.05, 0.1) is 11.4 Å². The first kappa shape index (κ1) is 22.4. The molecule has 8 heteroatoms. The number of imidazole rings is 1. The van der Waals surface area contributed by atoms with Gasteiger partial charge in [-0.15, -0.1) is 0 Å². The van der Waals surface area contributed by atoms with Crippen LogP contribution in [0.25, 0.3) is 16.9 Å². The first-order valence-electron chi connectivity index (χ1n) is 12.3. The molecule has 3 heterocycles. The van der Waals surface area contributed by atoms with E-state index in [4.69, 9.17) is 4.98 Å². The maximum atomic E-state index is 13.4. The van der Waals surface area contributed by atoms with E-state index in [1.54, 1.807) is 16.6 Å². The van der Waals surface area contributed by atoms with Crippen molar-refractivity contribution in [3.63, 3.8) is 0 Å². The van der Waals surface area contributed by atoms with Crippen LogP contribution in [0.5, 0.6) is 0 Å². The summed E-state index contributed by atoms with van der Waals surface area (Å²) in [6, 6.07) is 19.7. The van der Waals surface area contributed by atoms with Crippen molar-refractivity contribution in [3.8, 4) is 5.69 Å². The average molecular weight is 488 g/mol. The van der Waals surface area contributed by atoms with Crippen molar-refractivity contribution < 1.29 is 8.42 Å². The van der Waals surface area contributed by atoms with Crippen molar-refractivity contribution in [2.45, 2.75) is 37.1 Å². The minimum absolute atomic E-state index is 0.434. The predicted molar refractivity (Wildman–Crippen MR) is 136 cm³/mol. The van der Waals surface area contributed by atoms with Crippen LogP contribution in [-0.4, -0.2) is 58.3 Å². The van der Waals surface area contributed by atoms with E-state index in [0.29, 0.717) is 37.6 Å². The minimum atomic E-state index is -3.49. The summed E-state index contributed by atoms with van der Waals surface area (Å²) in [5.41, 5.74) is 5.22. The molecule has 2 aromatic carbocycles. The smallest absolute Gasteiger partial charge is 0.243 e. The van der Waals surface area contributed by atoms with Gasteiger partial charge in [-0.05, 0) is 73.2 Å². The lowest BCUT2D eigenvalue weighted by Gasteiger charge is -2.34. The fourth-order valence-corrected chi connectivity index (χ4v) is 6.73. The standard InChI is InChI=1S/C27H29N5O2S/c33-35(34,24-13-12-21-7-4-5-8-22(21)19-24)31-17-15-30(16-18-31)20-26-29-25-11-6-14-28-27(25)32(26)23-9-2-1-3-10-23/h1-3,6,9-14,19H,4-5,7-8,15-18,20H2. The van der Waals surface area contributed by atoms with Crippen LogP contribution in [-0.2, 0) is 29.4 Å². The van der Waals surface area contributed by atoms with E-state index >= 15 is 0 Å². The number of rotatable bonds is 5. The topological polar surface area (TPSA) is 71.3 Å². The van der Waals surface area contributed by atoms with Crippen molar-refractivity contribution in [3.05, 3.63) is 83.8 Å². The zero-order chi connectivity index (χ0) is 23.8. The Bertz CT molecular complexity index is 1460. The van der Waals surface area contributed by atoms with Crippen LogP contribution in [0.3, 0.4) is 0 Å². The summed E-state index contributed by atoms with van der Waals surface area (Å²) in [4.78, 5) is 12.2. The van der Waals surface area contributed by atoms with Gasteiger partial charge >= 0.3 is 0 Å². The number of aromatic nitrogens is 3. The molecule has 2 aliphatic rings. The molecule has 0 saturated carbocycles. The van der Waals surface area contributed by atoms with Gasteiger partial charge in [-0.2, -0.15) is 4.31 Å². The van der Waals surface area contributed by atoms with Crippen LogP contribution >= 0.6 is 0 Å². The number of para-hydroxylation sites is 1. The number of pyridine rings is 1. The predicted octanol–water partition coefficient (Wildman–Crippen LogP) is 3.81. The van der Waals surface area contributed by atoms with Crippen molar-refractivity contribution in [2.24, 2.45) is 0 Å². The van der Waals surface area contributed by atoms with Crippen LogP contribution in [0, 0.1) is 0 Å². The molecule has 0 amide bonds. The number of aryl methyl sites for hydroxylation is 2. The van der Waals surface area contributed by atoms with E-state index in [-0.39, 0.29) is 0 Å². The van der Waals surface area contributed by atoms with Crippen molar-refractivity contribution >= 4 is 21.2 Å². The summed E-state index contributed by atoms with van der Waals surface area (Å²) in [5, 5.41) is 0. The van der Waals surface area contributed by atoms with E-state index in [9.17, 15) is 8.42 Å². The molecule has 0 N–H and O–H groups in total. The van der Waals surface area contributed by atoms with Gasteiger partial charge < -0.3 is 0 Å². The number of sulfonamides is 1. The van der Waals surface area contributed by atoms with E-state index < -0.39 is 10.0 Å². The van der Waals surface area contributed by atoms with Gasteiger partial charge in [0.25, 0.3) is 0 Å². The Morgan fingerprint density at radius 1 is 0.829 bits per heavy atom. The first-order chi connectivity index (χ1) is 17.1. The molecule has 0 spiro atoms. The summed E-state index contributed by atoms with van der Waals surface area (Å²) in [6.07, 6.45) is 6.15. The summed E-state index contributed by atoms with van der Waals surface area (Å²) in [6.45, 7) is 2.91. The third-order valence-electron chi connectivity index (χ3n) is 7.15. The largest absolute Gasteiger partial charge is 0.293 e. The molecule has 6 rings (SSSR count). The van der Waals surface area contributed by atoms with Crippen molar-refractivity contribution in [1.29, 1.82) is 0 Å². The van der Waals surface area contributed by atoms with Gasteiger partial charge in [-0.1, -0.05) is 24.3 Å². The molecule has 35 heavy (non-hydrogen) atoms. The second kappa shape index (κ2) is 9.18. The summed E-state index contributed by atoms with van der Waals surface area (Å²) in [7, 11) is -3.49. The maximum Gasteiger partial charge on any atom is 0.243 e. The van der Waals surface area contributed by atoms with Gasteiger partial charge in [0.15, 0.2) is 5.65 Å². The highest BCUT2D eigenvalue weighted by Crippen LogP contribution is 2.27. The third-order valence-corrected chi connectivity index (χ3v) is 9.05. The van der Waals surface area contributed by atoms with E-state index in [0.717, 1.165) is 41.9 Å². The Kier molecular flexibility index (Phi) is 5.88. The highest BCUT2D eigenvalue weighted by Gasteiger charge is 2.30. The molecule has 7 nitrogen and oxygen atoms in total. The number of hydrogen-bond acceptors (Lipinski definition) is 5. The fourth-order valence-electron chi connectivity index (χ4n) is 5.26. The molecule has 2 aromatic heterocycles. The lowest BCUT2D eigenvalue weighted by atomic mass is 9.92. The number of benzene rings is 2. The molecule has 1 saturated heterocycles. The second-order valence-corrected chi connectivity index (χ2v) is 11.3. The van der Waals surface area contributed by atoms with Crippen molar-refractivity contribution in [1.82, 2.24) is 23.7 Å². The molecule has 180 valence electrons. The average Bonchev–Trinajstić information content (AvgIpc) is 3.27. The Hall–Kier alpha value is -3.07. The summed E-state index contributed by atoms with van der Waals surface area (Å²) >= 11 is 0. The Balaban J connectivity index is 1.20. The Morgan fingerprint density at radius 2 is 1.60 bits per heavy atom. The maximum absolute atomic E-state index is 13.4.